The lowest BCUT2D eigenvalue weighted by atomic mass is 9.97. The van der Waals surface area contributed by atoms with Gasteiger partial charge in [-0.05, 0) is 57.8 Å². The minimum Gasteiger partial charge on any atom is -0.355 e. The van der Waals surface area contributed by atoms with Crippen LogP contribution in [0.5, 0.6) is 0 Å². The van der Waals surface area contributed by atoms with Crippen molar-refractivity contribution in [2.24, 2.45) is 5.92 Å². The summed E-state index contributed by atoms with van der Waals surface area (Å²) in [4.78, 5) is 42.4. The second kappa shape index (κ2) is 12.2. The van der Waals surface area contributed by atoms with E-state index in [1.807, 2.05) is 31.2 Å². The molecule has 2 saturated heterocycles. The number of aromatic nitrogens is 2. The van der Waals surface area contributed by atoms with Gasteiger partial charge in [-0.2, -0.15) is 0 Å². The van der Waals surface area contributed by atoms with Crippen molar-refractivity contribution in [3.05, 3.63) is 39.8 Å². The monoisotopic (exact) mass is 498 g/mol. The summed E-state index contributed by atoms with van der Waals surface area (Å²) in [6.45, 7) is 6.63. The van der Waals surface area contributed by atoms with Gasteiger partial charge in [-0.1, -0.05) is 41.9 Å². The third-order valence-corrected chi connectivity index (χ3v) is 7.53. The van der Waals surface area contributed by atoms with Crippen LogP contribution in [0.25, 0.3) is 0 Å². The molecule has 0 aliphatic carbocycles. The van der Waals surface area contributed by atoms with E-state index in [2.05, 4.69) is 25.7 Å². The molecule has 0 radical (unpaired) electrons. The van der Waals surface area contributed by atoms with E-state index >= 15 is 0 Å². The van der Waals surface area contributed by atoms with Gasteiger partial charge in [-0.25, -0.2) is 0 Å². The normalized spacial score (nSPS) is 19.1. The number of likely N-dealkylation sites (tertiary alicyclic amines) is 2. The minimum atomic E-state index is -0.397. The van der Waals surface area contributed by atoms with Gasteiger partial charge < -0.3 is 20.4 Å². The summed E-state index contributed by atoms with van der Waals surface area (Å²) in [7, 11) is 0. The zero-order valence-corrected chi connectivity index (χ0v) is 21.1. The van der Waals surface area contributed by atoms with Crippen LogP contribution in [0.4, 0.5) is 5.69 Å². The van der Waals surface area contributed by atoms with E-state index in [0.717, 1.165) is 49.4 Å². The second-order valence-corrected chi connectivity index (χ2v) is 10.3. The third kappa shape index (κ3) is 7.08. The molecule has 1 atom stereocenters. The fourth-order valence-electron chi connectivity index (χ4n) is 4.58. The fourth-order valence-corrected chi connectivity index (χ4v) is 5.28. The summed E-state index contributed by atoms with van der Waals surface area (Å²) in [5, 5.41) is 14.0. The van der Waals surface area contributed by atoms with Gasteiger partial charge in [0.1, 0.15) is 0 Å². The number of nitrogens with one attached hydrogen (secondary N) is 2. The van der Waals surface area contributed by atoms with Gasteiger partial charge in [0.15, 0.2) is 0 Å². The van der Waals surface area contributed by atoms with Crippen LogP contribution in [0.2, 0.25) is 0 Å². The number of benzene rings is 1. The van der Waals surface area contributed by atoms with E-state index < -0.39 is 5.91 Å². The minimum absolute atomic E-state index is 0.00718. The van der Waals surface area contributed by atoms with Crippen LogP contribution >= 0.6 is 11.3 Å². The summed E-state index contributed by atoms with van der Waals surface area (Å²) >= 11 is 0.975. The molecule has 35 heavy (non-hydrogen) atoms. The van der Waals surface area contributed by atoms with Crippen LogP contribution < -0.4 is 10.6 Å². The van der Waals surface area contributed by atoms with E-state index in [4.69, 9.17) is 0 Å². The Balaban J connectivity index is 1.27. The Morgan fingerprint density at radius 3 is 2.43 bits per heavy atom. The average molecular weight is 499 g/mol. The first-order valence-electron chi connectivity index (χ1n) is 12.5. The maximum absolute atomic E-state index is 13.0. The van der Waals surface area contributed by atoms with E-state index in [-0.39, 0.29) is 27.7 Å². The smallest absolute Gasteiger partial charge is 0.286 e. The fraction of sp³-hybridized carbons (Fsp3) is 0.560. The third-order valence-electron chi connectivity index (χ3n) is 6.62. The summed E-state index contributed by atoms with van der Waals surface area (Å²) in [5.74, 6) is -0.897. The molecule has 3 amide bonds. The molecule has 4 rings (SSSR count). The number of hydrogen-bond acceptors (Lipinski definition) is 7. The molecule has 2 fully saturated rings. The molecule has 1 aromatic carbocycles. The summed E-state index contributed by atoms with van der Waals surface area (Å²) in [6.07, 6.45) is 6.57. The van der Waals surface area contributed by atoms with Crippen LogP contribution in [-0.4, -0.2) is 77.0 Å². The van der Waals surface area contributed by atoms with Gasteiger partial charge in [0.05, 0.1) is 5.92 Å². The predicted octanol–water partition coefficient (Wildman–Crippen LogP) is 2.94. The van der Waals surface area contributed by atoms with Crippen molar-refractivity contribution in [2.45, 2.75) is 45.4 Å². The Bertz CT molecular complexity index is 1020. The van der Waals surface area contributed by atoms with Crippen molar-refractivity contribution in [3.63, 3.8) is 0 Å². The molecule has 2 N–H and O–H groups in total. The number of aryl methyl sites for hydroxylation is 1. The quantitative estimate of drug-likeness (QED) is 0.608. The number of carbonyl (C=O) groups is 3. The van der Waals surface area contributed by atoms with E-state index in [1.165, 1.54) is 25.7 Å². The van der Waals surface area contributed by atoms with Crippen LogP contribution in [0.1, 0.15) is 63.7 Å². The van der Waals surface area contributed by atoms with Crippen molar-refractivity contribution in [2.75, 3.05) is 44.6 Å². The lowest BCUT2D eigenvalue weighted by Crippen LogP contribution is -2.46. The van der Waals surface area contributed by atoms with E-state index in [9.17, 15) is 14.4 Å². The van der Waals surface area contributed by atoms with Gasteiger partial charge in [-0.15, -0.1) is 10.2 Å². The van der Waals surface area contributed by atoms with Crippen molar-refractivity contribution >= 4 is 34.7 Å². The largest absolute Gasteiger partial charge is 0.355 e. The number of carbonyl (C=O) groups excluding carboxylic acids is 3. The van der Waals surface area contributed by atoms with E-state index in [1.54, 1.807) is 4.90 Å². The highest BCUT2D eigenvalue weighted by Crippen LogP contribution is 2.21. The first-order chi connectivity index (χ1) is 17.0. The summed E-state index contributed by atoms with van der Waals surface area (Å²) in [5.41, 5.74) is 1.75. The molecule has 2 aliphatic heterocycles. The van der Waals surface area contributed by atoms with Gasteiger partial charge in [0.2, 0.25) is 15.9 Å². The van der Waals surface area contributed by atoms with Crippen molar-refractivity contribution in [3.8, 4) is 0 Å². The Hall–Kier alpha value is -2.85. The Kier molecular flexibility index (Phi) is 8.81. The molecule has 3 heterocycles. The molecule has 0 bridgehead atoms. The number of nitrogens with zero attached hydrogens (tertiary/aromatic N) is 4. The molecule has 0 unspecified atom stereocenters. The number of rotatable bonds is 7. The Morgan fingerprint density at radius 2 is 1.69 bits per heavy atom. The molecule has 10 heteroatoms. The predicted molar refractivity (Wildman–Crippen MR) is 136 cm³/mol. The molecular weight excluding hydrogens is 464 g/mol. The molecule has 0 saturated carbocycles. The number of piperidine rings is 1. The molecule has 1 aromatic heterocycles. The number of hydrogen-bond donors (Lipinski definition) is 2. The first-order valence-corrected chi connectivity index (χ1v) is 13.3. The topological polar surface area (TPSA) is 108 Å². The highest BCUT2D eigenvalue weighted by atomic mass is 32.1. The molecule has 9 nitrogen and oxygen atoms in total. The zero-order chi connectivity index (χ0) is 24.6. The van der Waals surface area contributed by atoms with Crippen molar-refractivity contribution in [1.82, 2.24) is 25.3 Å². The lowest BCUT2D eigenvalue weighted by molar-refractivity contribution is -0.126. The Labute approximate surface area is 210 Å². The lowest BCUT2D eigenvalue weighted by Gasteiger charge is -2.31. The molecule has 0 spiro atoms. The maximum atomic E-state index is 13.0. The van der Waals surface area contributed by atoms with Crippen LogP contribution in [-0.2, 0) is 4.79 Å². The van der Waals surface area contributed by atoms with E-state index in [0.29, 0.717) is 25.3 Å². The molecular formula is C25H34N6O3S. The van der Waals surface area contributed by atoms with Gasteiger partial charge in [0, 0.05) is 31.9 Å². The van der Waals surface area contributed by atoms with Crippen LogP contribution in [0.3, 0.4) is 0 Å². The summed E-state index contributed by atoms with van der Waals surface area (Å²) in [6, 6.07) is 7.44. The number of anilines is 1. The van der Waals surface area contributed by atoms with Gasteiger partial charge >= 0.3 is 0 Å². The van der Waals surface area contributed by atoms with Crippen LogP contribution in [0.15, 0.2) is 24.3 Å². The number of amides is 3. The summed E-state index contributed by atoms with van der Waals surface area (Å²) < 4.78 is 0. The highest BCUT2D eigenvalue weighted by molar-refractivity contribution is 7.15. The van der Waals surface area contributed by atoms with Crippen LogP contribution in [0, 0.1) is 12.8 Å². The maximum Gasteiger partial charge on any atom is 0.286 e. The first kappa shape index (κ1) is 25.2. The molecule has 2 aromatic rings. The Morgan fingerprint density at radius 1 is 0.971 bits per heavy atom. The SMILES string of the molecule is Cc1ccc(NC(=O)c2nnc(C(=O)N3CCC[C@H](C(=O)NCCN4CCCCCC4)C3)s2)cc1. The standard InChI is InChI=1S/C25H34N6O3S/c1-18-8-10-20(11-9-18)27-22(33)23-28-29-24(35-23)25(34)31-15-6-7-19(17-31)21(32)26-12-16-30-13-4-2-3-5-14-30/h8-11,19H,2-7,12-17H2,1H3,(H,26,32)(H,27,33)/t19-/m0/s1. The average Bonchev–Trinajstić information content (AvgIpc) is 3.23. The van der Waals surface area contributed by atoms with Crippen molar-refractivity contribution < 1.29 is 14.4 Å². The van der Waals surface area contributed by atoms with Crippen molar-refractivity contribution in [1.29, 1.82) is 0 Å². The second-order valence-electron chi connectivity index (χ2n) is 9.37. The van der Waals surface area contributed by atoms with Gasteiger partial charge in [-0.3, -0.25) is 14.4 Å². The zero-order valence-electron chi connectivity index (χ0n) is 20.3. The molecule has 188 valence electrons. The molecule has 2 aliphatic rings. The van der Waals surface area contributed by atoms with Gasteiger partial charge in [0.25, 0.3) is 11.8 Å². The highest BCUT2D eigenvalue weighted by Gasteiger charge is 2.31.